The van der Waals surface area contributed by atoms with E-state index in [0.717, 1.165) is 37.4 Å². The van der Waals surface area contributed by atoms with Crippen LogP contribution in [0, 0.1) is 5.92 Å². The van der Waals surface area contributed by atoms with Gasteiger partial charge in [-0.25, -0.2) is 9.59 Å². The number of ether oxygens (including phenoxy) is 1. The van der Waals surface area contributed by atoms with Gasteiger partial charge < -0.3 is 34.8 Å². The highest BCUT2D eigenvalue weighted by molar-refractivity contribution is 5.92. The molecule has 0 saturated carbocycles. The van der Waals surface area contributed by atoms with Crippen molar-refractivity contribution >= 4 is 24.0 Å². The first-order valence-corrected chi connectivity index (χ1v) is 15.5. The molecule has 4 fully saturated rings. The second-order valence-electron chi connectivity index (χ2n) is 13.6. The highest BCUT2D eigenvalue weighted by atomic mass is 16.7. The van der Waals surface area contributed by atoms with Crippen LogP contribution in [-0.4, -0.2) is 136 Å². The average molecular weight is 595 g/mol. The van der Waals surface area contributed by atoms with E-state index < -0.39 is 30.0 Å². The quantitative estimate of drug-likeness (QED) is 0.385. The monoisotopic (exact) mass is 594 g/mol. The number of nitrogens with one attached hydrogen (secondary N) is 1. The van der Waals surface area contributed by atoms with Crippen LogP contribution in [0.4, 0.5) is 9.59 Å². The molecule has 0 aromatic carbocycles. The number of carbonyl (C=O) groups excluding carboxylic acids is 3. The molecular weight excluding hydrogens is 544 g/mol. The van der Waals surface area contributed by atoms with Crippen LogP contribution >= 0.6 is 0 Å². The Morgan fingerprint density at radius 2 is 1.74 bits per heavy atom. The summed E-state index contributed by atoms with van der Waals surface area (Å²) in [6.07, 6.45) is 0.544. The Bertz CT molecular complexity index is 989. The first kappa shape index (κ1) is 32.3. The van der Waals surface area contributed by atoms with Crippen molar-refractivity contribution in [2.45, 2.75) is 109 Å². The molecule has 42 heavy (non-hydrogen) atoms. The third kappa shape index (κ3) is 7.65. The molecule has 0 radical (unpaired) electrons. The molecule has 4 heterocycles. The lowest BCUT2D eigenvalue weighted by Crippen LogP contribution is -2.74. The smallest absolute Gasteiger partial charge is 0.433 e. The summed E-state index contributed by atoms with van der Waals surface area (Å²) in [5.41, 5.74) is -0.522. The summed E-state index contributed by atoms with van der Waals surface area (Å²) in [4.78, 5) is 65.1. The molecule has 0 bridgehead atoms. The summed E-state index contributed by atoms with van der Waals surface area (Å²) >= 11 is 0. The van der Waals surface area contributed by atoms with Crippen LogP contribution in [0.25, 0.3) is 0 Å². The fourth-order valence-electron chi connectivity index (χ4n) is 6.27. The zero-order chi connectivity index (χ0) is 30.8. The van der Waals surface area contributed by atoms with E-state index >= 15 is 0 Å². The van der Waals surface area contributed by atoms with Crippen LogP contribution in [-0.2, 0) is 19.2 Å². The summed E-state index contributed by atoms with van der Waals surface area (Å²) in [7, 11) is 2.06. The number of hydroxylamine groups is 2. The van der Waals surface area contributed by atoms with Crippen molar-refractivity contribution in [2.75, 3.05) is 46.3 Å². The van der Waals surface area contributed by atoms with E-state index in [4.69, 9.17) is 9.57 Å². The number of fused-ring (bicyclic) bond motifs is 1. The topological polar surface area (TPSA) is 135 Å². The number of carboxylic acid groups (broad SMARTS) is 1. The summed E-state index contributed by atoms with van der Waals surface area (Å²) in [6, 6.07) is -0.534. The van der Waals surface area contributed by atoms with Crippen molar-refractivity contribution in [3.05, 3.63) is 0 Å². The summed E-state index contributed by atoms with van der Waals surface area (Å²) in [5, 5.41) is 14.4. The molecule has 0 spiro atoms. The molecule has 238 valence electrons. The standard InChI is InChI=1S/C29H50N6O7/c1-19(2)15-23-26(37)34-22(9-7-8-12-30-20-16-32(17-20)28(40)41-29(3,4)5)25(36)33(21-10-13-31(6)14-11-21)18-24(34)35(42-23)27(38)39/h19-24,30H,7-18H2,1-6H3,(H,38,39)/t22-,23+,24?/m0/s1. The minimum Gasteiger partial charge on any atom is -0.463 e. The number of carbonyl (C=O) groups is 4. The molecule has 1 unspecified atom stereocenters. The Hall–Kier alpha value is -2.64. The zero-order valence-corrected chi connectivity index (χ0v) is 26.1. The highest BCUT2D eigenvalue weighted by Gasteiger charge is 2.54. The number of piperidine rings is 1. The summed E-state index contributed by atoms with van der Waals surface area (Å²) in [5.74, 6) is -0.281. The highest BCUT2D eigenvalue weighted by Crippen LogP contribution is 2.33. The molecule has 0 aliphatic carbocycles. The van der Waals surface area contributed by atoms with Gasteiger partial charge in [0, 0.05) is 25.2 Å². The van der Waals surface area contributed by atoms with E-state index in [2.05, 4.69) is 17.3 Å². The van der Waals surface area contributed by atoms with Crippen LogP contribution < -0.4 is 5.32 Å². The number of hydrogen-bond donors (Lipinski definition) is 2. The molecule has 4 aliphatic rings. The number of piperazine rings is 1. The van der Waals surface area contributed by atoms with Gasteiger partial charge in [-0.1, -0.05) is 13.8 Å². The fraction of sp³-hybridized carbons (Fsp3) is 0.862. The average Bonchev–Trinajstić information content (AvgIpc) is 2.86. The number of unbranched alkanes of at least 4 members (excludes halogenated alkanes) is 1. The van der Waals surface area contributed by atoms with Crippen LogP contribution in [0.15, 0.2) is 0 Å². The molecule has 4 amide bonds. The zero-order valence-electron chi connectivity index (χ0n) is 26.1. The summed E-state index contributed by atoms with van der Waals surface area (Å²) in [6.45, 7) is 13.2. The number of hydrogen-bond acceptors (Lipinski definition) is 8. The second kappa shape index (κ2) is 13.3. The first-order chi connectivity index (χ1) is 19.7. The van der Waals surface area contributed by atoms with Crippen LogP contribution in [0.3, 0.4) is 0 Å². The third-order valence-corrected chi connectivity index (χ3v) is 8.50. The van der Waals surface area contributed by atoms with Gasteiger partial charge in [-0.15, -0.1) is 0 Å². The maximum absolute atomic E-state index is 14.0. The Morgan fingerprint density at radius 3 is 2.33 bits per heavy atom. The van der Waals surface area contributed by atoms with Gasteiger partial charge in [0.1, 0.15) is 11.6 Å². The lowest BCUT2D eigenvalue weighted by Gasteiger charge is -2.54. The van der Waals surface area contributed by atoms with Gasteiger partial charge in [-0.2, -0.15) is 5.06 Å². The lowest BCUT2D eigenvalue weighted by molar-refractivity contribution is -0.268. The van der Waals surface area contributed by atoms with E-state index in [1.54, 1.807) is 4.90 Å². The van der Waals surface area contributed by atoms with Gasteiger partial charge in [-0.3, -0.25) is 14.4 Å². The number of rotatable bonds is 9. The van der Waals surface area contributed by atoms with Gasteiger partial charge in [0.25, 0.3) is 5.91 Å². The van der Waals surface area contributed by atoms with Crippen LogP contribution in [0.1, 0.15) is 73.1 Å². The molecule has 4 saturated heterocycles. The minimum atomic E-state index is -1.26. The Balaban J connectivity index is 1.38. The second-order valence-corrected chi connectivity index (χ2v) is 13.6. The Kier molecular flexibility index (Phi) is 10.2. The lowest BCUT2D eigenvalue weighted by atomic mass is 9.95. The van der Waals surface area contributed by atoms with E-state index in [-0.39, 0.29) is 42.5 Å². The normalized spacial score (nSPS) is 26.5. The van der Waals surface area contributed by atoms with E-state index in [1.165, 1.54) is 4.90 Å². The molecule has 2 N–H and O–H groups in total. The van der Waals surface area contributed by atoms with Gasteiger partial charge in [0.15, 0.2) is 12.3 Å². The minimum absolute atomic E-state index is 0.00527. The molecule has 3 atom stereocenters. The molecule has 13 nitrogen and oxygen atoms in total. The number of likely N-dealkylation sites (tertiary alicyclic amines) is 2. The van der Waals surface area contributed by atoms with E-state index in [9.17, 15) is 24.3 Å². The predicted molar refractivity (Wildman–Crippen MR) is 154 cm³/mol. The van der Waals surface area contributed by atoms with Gasteiger partial charge in [0.2, 0.25) is 5.91 Å². The van der Waals surface area contributed by atoms with Gasteiger partial charge in [0.05, 0.1) is 6.54 Å². The van der Waals surface area contributed by atoms with Crippen molar-refractivity contribution < 1.29 is 33.9 Å². The van der Waals surface area contributed by atoms with Crippen molar-refractivity contribution in [1.82, 2.24) is 30.0 Å². The van der Waals surface area contributed by atoms with Crippen molar-refractivity contribution in [2.24, 2.45) is 5.92 Å². The molecule has 0 aromatic heterocycles. The number of nitrogens with zero attached hydrogens (tertiary/aromatic N) is 5. The van der Waals surface area contributed by atoms with Gasteiger partial charge in [-0.05, 0) is 91.9 Å². The SMILES string of the molecule is CC(C)C[C@H]1ON(C(=O)O)C2CN(C3CCN(C)CC3)C(=O)[C@H](CCCCNC3CN(C(=O)OC(C)(C)C)C3)N2C1=O. The fourth-order valence-corrected chi connectivity index (χ4v) is 6.27. The maximum atomic E-state index is 14.0. The maximum Gasteiger partial charge on any atom is 0.433 e. The molecule has 4 rings (SSSR count). The molecule has 13 heteroatoms. The Labute approximate surface area is 249 Å². The van der Waals surface area contributed by atoms with Gasteiger partial charge >= 0.3 is 12.2 Å². The first-order valence-electron chi connectivity index (χ1n) is 15.5. The molecule has 0 aromatic rings. The van der Waals surface area contributed by atoms with E-state index in [0.29, 0.717) is 38.9 Å². The number of amides is 4. The molecule has 4 aliphatic heterocycles. The predicted octanol–water partition coefficient (Wildman–Crippen LogP) is 2.17. The van der Waals surface area contributed by atoms with Crippen molar-refractivity contribution in [3.8, 4) is 0 Å². The van der Waals surface area contributed by atoms with E-state index in [1.807, 2.05) is 39.5 Å². The summed E-state index contributed by atoms with van der Waals surface area (Å²) < 4.78 is 5.41. The Morgan fingerprint density at radius 1 is 1.07 bits per heavy atom. The molecular formula is C29H50N6O7. The van der Waals surface area contributed by atoms with Crippen molar-refractivity contribution in [1.29, 1.82) is 0 Å². The van der Waals surface area contributed by atoms with Crippen molar-refractivity contribution in [3.63, 3.8) is 0 Å². The largest absolute Gasteiger partial charge is 0.463 e. The third-order valence-electron chi connectivity index (χ3n) is 8.50. The van der Waals surface area contributed by atoms with Crippen LogP contribution in [0.2, 0.25) is 0 Å². The van der Waals surface area contributed by atoms with Crippen LogP contribution in [0.5, 0.6) is 0 Å².